The minimum atomic E-state index is -3.95. The van der Waals surface area contributed by atoms with Crippen LogP contribution < -0.4 is 20.3 Å². The van der Waals surface area contributed by atoms with Crippen LogP contribution in [0.25, 0.3) is 10.9 Å². The Morgan fingerprint density at radius 2 is 2.06 bits per heavy atom. The van der Waals surface area contributed by atoms with Crippen LogP contribution in [0.1, 0.15) is 18.5 Å². The largest absolute Gasteiger partial charge is 0.453 e. The summed E-state index contributed by atoms with van der Waals surface area (Å²) in [6.07, 6.45) is 1.56. The highest BCUT2D eigenvalue weighted by atomic mass is 32.2. The zero-order valence-electron chi connectivity index (χ0n) is 19.0. The Balaban J connectivity index is 1.50. The molecule has 0 amide bonds. The van der Waals surface area contributed by atoms with Crippen LogP contribution in [0.2, 0.25) is 0 Å². The number of hydrogen-bond acceptors (Lipinski definition) is 7. The molecule has 3 atom stereocenters. The van der Waals surface area contributed by atoms with Gasteiger partial charge in [-0.05, 0) is 42.2 Å². The number of rotatable bonds is 7. The molecule has 2 aromatic carbocycles. The van der Waals surface area contributed by atoms with Crippen LogP contribution in [0, 0.1) is 29.0 Å². The molecule has 0 radical (unpaired) electrons. The van der Waals surface area contributed by atoms with Crippen molar-refractivity contribution in [2.75, 3.05) is 31.4 Å². The van der Waals surface area contributed by atoms with Gasteiger partial charge in [-0.1, -0.05) is 6.92 Å². The number of benzene rings is 2. The minimum absolute atomic E-state index is 0.110. The van der Waals surface area contributed by atoms with Crippen LogP contribution in [0.15, 0.2) is 41.5 Å². The van der Waals surface area contributed by atoms with E-state index in [2.05, 4.69) is 15.0 Å². The first kappa shape index (κ1) is 23.2. The number of halogens is 1. The van der Waals surface area contributed by atoms with Crippen molar-refractivity contribution in [3.63, 3.8) is 0 Å². The molecule has 182 valence electrons. The van der Waals surface area contributed by atoms with Crippen LogP contribution in [0.4, 0.5) is 10.1 Å². The number of fused-ring (bicyclic) bond motifs is 2. The number of aromatic nitrogens is 2. The molecule has 1 aromatic heterocycles. The molecular weight excluding hydrogens is 475 g/mol. The van der Waals surface area contributed by atoms with Crippen molar-refractivity contribution in [2.24, 2.45) is 11.8 Å². The summed E-state index contributed by atoms with van der Waals surface area (Å²) in [5.74, 6) is -0.352. The lowest BCUT2D eigenvalue weighted by Gasteiger charge is -2.18. The van der Waals surface area contributed by atoms with E-state index < -0.39 is 21.8 Å². The molecule has 1 saturated carbocycles. The summed E-state index contributed by atoms with van der Waals surface area (Å²) < 4.78 is 50.2. The third-order valence-electron chi connectivity index (χ3n) is 6.66. The summed E-state index contributed by atoms with van der Waals surface area (Å²) in [7, 11) is -2.58. The van der Waals surface area contributed by atoms with E-state index in [4.69, 9.17) is 4.74 Å². The number of piperidine rings is 1. The van der Waals surface area contributed by atoms with Crippen molar-refractivity contribution in [1.82, 2.24) is 19.2 Å². The van der Waals surface area contributed by atoms with Gasteiger partial charge < -0.3 is 10.1 Å². The summed E-state index contributed by atoms with van der Waals surface area (Å²) in [5.41, 5.74) is -0.194. The fourth-order valence-electron chi connectivity index (χ4n) is 4.55. The number of nitriles is 1. The summed E-state index contributed by atoms with van der Waals surface area (Å²) in [4.78, 5) is 17.6. The quantitative estimate of drug-likeness (QED) is 0.511. The maximum absolute atomic E-state index is 14.7. The maximum Gasteiger partial charge on any atom is 0.301 e. The average molecular weight is 499 g/mol. The van der Waals surface area contributed by atoms with Gasteiger partial charge >= 0.3 is 10.2 Å². The predicted molar refractivity (Wildman–Crippen MR) is 127 cm³/mol. The van der Waals surface area contributed by atoms with Crippen molar-refractivity contribution in [3.8, 4) is 17.6 Å². The lowest BCUT2D eigenvalue weighted by atomic mass is 10.1. The normalized spacial score (nSPS) is 21.1. The number of nitrogens with one attached hydrogen (secondary N) is 2. The topological polar surface area (TPSA) is 129 Å². The molecular formula is C23H23FN6O4S. The van der Waals surface area contributed by atoms with Gasteiger partial charge in [-0.3, -0.25) is 14.1 Å². The third-order valence-corrected chi connectivity index (χ3v) is 8.21. The second-order valence-electron chi connectivity index (χ2n) is 8.65. The van der Waals surface area contributed by atoms with E-state index in [1.165, 1.54) is 19.2 Å². The van der Waals surface area contributed by atoms with Crippen molar-refractivity contribution in [3.05, 3.63) is 58.4 Å². The minimum Gasteiger partial charge on any atom is -0.453 e. The van der Waals surface area contributed by atoms with Crippen LogP contribution in [0.5, 0.6) is 11.5 Å². The van der Waals surface area contributed by atoms with Crippen molar-refractivity contribution < 1.29 is 17.5 Å². The van der Waals surface area contributed by atoms with Gasteiger partial charge in [-0.2, -0.15) is 18.0 Å². The first-order valence-corrected chi connectivity index (χ1v) is 12.5. The van der Waals surface area contributed by atoms with Gasteiger partial charge in [-0.15, -0.1) is 0 Å². The van der Waals surface area contributed by atoms with Crippen LogP contribution in [-0.4, -0.2) is 49.0 Å². The Labute approximate surface area is 201 Å². The number of ether oxygens (including phenoxy) is 1. The Kier molecular flexibility index (Phi) is 5.71. The molecule has 5 rings (SSSR count). The second kappa shape index (κ2) is 8.60. The lowest BCUT2D eigenvalue weighted by Crippen LogP contribution is -2.32. The molecule has 1 aliphatic heterocycles. The molecule has 2 N–H and O–H groups in total. The zero-order chi connectivity index (χ0) is 24.9. The Bertz CT molecular complexity index is 1520. The van der Waals surface area contributed by atoms with Crippen molar-refractivity contribution >= 4 is 26.8 Å². The van der Waals surface area contributed by atoms with E-state index in [9.17, 15) is 22.9 Å². The highest BCUT2D eigenvalue weighted by molar-refractivity contribution is 7.90. The molecule has 0 spiro atoms. The van der Waals surface area contributed by atoms with Crippen LogP contribution in [-0.2, 0) is 10.2 Å². The second-order valence-corrected chi connectivity index (χ2v) is 10.4. The summed E-state index contributed by atoms with van der Waals surface area (Å²) in [6, 6.07) is 8.64. The van der Waals surface area contributed by atoms with E-state index in [1.807, 2.05) is 6.07 Å². The highest BCUT2D eigenvalue weighted by Gasteiger charge is 2.54. The van der Waals surface area contributed by atoms with Gasteiger partial charge in [0.1, 0.15) is 17.4 Å². The van der Waals surface area contributed by atoms with E-state index in [-0.39, 0.29) is 35.1 Å². The number of anilines is 1. The zero-order valence-corrected chi connectivity index (χ0v) is 19.8. The maximum atomic E-state index is 14.7. The monoisotopic (exact) mass is 498 g/mol. The molecule has 2 aliphatic rings. The van der Waals surface area contributed by atoms with E-state index in [1.54, 1.807) is 23.9 Å². The van der Waals surface area contributed by atoms with Crippen molar-refractivity contribution in [1.29, 1.82) is 5.26 Å². The molecule has 2 fully saturated rings. The standard InChI is InChI=1S/C23H23FN6O4S/c1-3-29(2)35(32,33)28-20-7-5-18(24)22(15(20)9-25)34-13-4-6-19-14(8-13)23(31)30(12-27-19)21-16-10-26-11-17(16)21/h4-8,12,16-17,21,26,28H,3,10-11H2,1-2H3/t16-,17+,21?. The van der Waals surface area contributed by atoms with E-state index in [0.717, 1.165) is 29.5 Å². The third kappa shape index (κ3) is 4.01. The number of nitrogens with zero attached hydrogens (tertiary/aromatic N) is 4. The van der Waals surface area contributed by atoms with Crippen LogP contribution >= 0.6 is 0 Å². The summed E-state index contributed by atoms with van der Waals surface area (Å²) in [5, 5.41) is 13.3. The molecule has 12 heteroatoms. The first-order chi connectivity index (χ1) is 16.7. The average Bonchev–Trinajstić information content (AvgIpc) is 3.29. The van der Waals surface area contributed by atoms with Gasteiger partial charge in [0.15, 0.2) is 11.6 Å². The Morgan fingerprint density at radius 3 is 2.74 bits per heavy atom. The molecule has 1 saturated heterocycles. The van der Waals surface area contributed by atoms with Crippen molar-refractivity contribution in [2.45, 2.75) is 13.0 Å². The highest BCUT2D eigenvalue weighted by Crippen LogP contribution is 2.51. The van der Waals surface area contributed by atoms with Gasteiger partial charge in [0.25, 0.3) is 5.56 Å². The first-order valence-electron chi connectivity index (χ1n) is 11.1. The van der Waals surface area contributed by atoms with E-state index in [0.29, 0.717) is 22.7 Å². The molecule has 3 aromatic rings. The van der Waals surface area contributed by atoms with E-state index >= 15 is 0 Å². The fourth-order valence-corrected chi connectivity index (χ4v) is 5.49. The summed E-state index contributed by atoms with van der Waals surface area (Å²) >= 11 is 0. The molecule has 35 heavy (non-hydrogen) atoms. The van der Waals surface area contributed by atoms with Gasteiger partial charge in [0, 0.05) is 32.7 Å². The Hall–Kier alpha value is -3.53. The molecule has 0 bridgehead atoms. The predicted octanol–water partition coefficient (Wildman–Crippen LogP) is 2.20. The smallest absolute Gasteiger partial charge is 0.301 e. The SMILES string of the molecule is CCN(C)S(=O)(=O)Nc1ccc(F)c(Oc2ccc3ncn(C4[C@H]5CNC[C@@H]45)c(=O)c3c2)c1C#N. The summed E-state index contributed by atoms with van der Waals surface area (Å²) in [6.45, 7) is 3.59. The number of hydrogen-bond donors (Lipinski definition) is 2. The van der Waals surface area contributed by atoms with Crippen LogP contribution in [0.3, 0.4) is 0 Å². The molecule has 1 aliphatic carbocycles. The lowest BCUT2D eigenvalue weighted by molar-refractivity contribution is 0.441. The molecule has 10 nitrogen and oxygen atoms in total. The molecule has 1 unspecified atom stereocenters. The fraction of sp³-hybridized carbons (Fsp3) is 0.348. The van der Waals surface area contributed by atoms with Gasteiger partial charge in [0.2, 0.25) is 0 Å². The van der Waals surface area contributed by atoms with Gasteiger partial charge in [0.05, 0.1) is 22.9 Å². The Morgan fingerprint density at radius 1 is 1.31 bits per heavy atom. The molecule has 2 heterocycles. The van der Waals surface area contributed by atoms with Gasteiger partial charge in [-0.25, -0.2) is 9.37 Å².